The van der Waals surface area contributed by atoms with Crippen LogP contribution in [0.5, 0.6) is 0 Å². The van der Waals surface area contributed by atoms with Gasteiger partial charge < -0.3 is 9.47 Å². The predicted octanol–water partition coefficient (Wildman–Crippen LogP) is 3.16. The van der Waals surface area contributed by atoms with Crippen molar-refractivity contribution in [3.05, 3.63) is 60.7 Å². The SMILES string of the molecule is CCOC(=O)CC[Si](CCC(=O)OCC)(c1ccccc1)c1ccccc1. The van der Waals surface area contributed by atoms with E-state index in [0.29, 0.717) is 38.1 Å². The molecule has 0 spiro atoms. The van der Waals surface area contributed by atoms with Crippen molar-refractivity contribution in [3.8, 4) is 0 Å². The summed E-state index contributed by atoms with van der Waals surface area (Å²) in [6.07, 6.45) is 0.708. The molecule has 2 aromatic carbocycles. The quantitative estimate of drug-likeness (QED) is 0.466. The molecule has 0 aromatic heterocycles. The fraction of sp³-hybridized carbons (Fsp3) is 0.364. The van der Waals surface area contributed by atoms with Gasteiger partial charge in [0.25, 0.3) is 0 Å². The van der Waals surface area contributed by atoms with Crippen LogP contribution in [0.3, 0.4) is 0 Å². The van der Waals surface area contributed by atoms with E-state index >= 15 is 0 Å². The Balaban J connectivity index is 2.41. The van der Waals surface area contributed by atoms with Crippen molar-refractivity contribution in [2.24, 2.45) is 0 Å². The number of benzene rings is 2. The van der Waals surface area contributed by atoms with E-state index in [9.17, 15) is 9.59 Å². The summed E-state index contributed by atoms with van der Waals surface area (Å²) in [6.45, 7) is 4.40. The van der Waals surface area contributed by atoms with Gasteiger partial charge in [-0.1, -0.05) is 71.0 Å². The highest BCUT2D eigenvalue weighted by Gasteiger charge is 2.38. The monoisotopic (exact) mass is 384 g/mol. The van der Waals surface area contributed by atoms with Crippen molar-refractivity contribution < 1.29 is 19.1 Å². The van der Waals surface area contributed by atoms with Crippen molar-refractivity contribution in [2.75, 3.05) is 13.2 Å². The molecule has 144 valence electrons. The molecule has 0 aliphatic carbocycles. The molecule has 0 bridgehead atoms. The zero-order valence-electron chi connectivity index (χ0n) is 16.1. The number of carbonyl (C=O) groups is 2. The molecule has 0 amide bonds. The maximum Gasteiger partial charge on any atom is 0.305 e. The van der Waals surface area contributed by atoms with Crippen LogP contribution in [-0.4, -0.2) is 33.2 Å². The summed E-state index contributed by atoms with van der Waals surface area (Å²) >= 11 is 0. The van der Waals surface area contributed by atoms with Crippen LogP contribution in [0, 0.1) is 0 Å². The third-order valence-electron chi connectivity index (χ3n) is 4.78. The molecule has 0 saturated heterocycles. The Morgan fingerprint density at radius 2 is 1.07 bits per heavy atom. The van der Waals surface area contributed by atoms with E-state index in [1.165, 1.54) is 10.4 Å². The molecule has 0 radical (unpaired) electrons. The topological polar surface area (TPSA) is 52.6 Å². The molecular weight excluding hydrogens is 356 g/mol. The Kier molecular flexibility index (Phi) is 8.26. The average Bonchev–Trinajstić information content (AvgIpc) is 2.70. The van der Waals surface area contributed by atoms with E-state index in [4.69, 9.17) is 9.47 Å². The zero-order valence-corrected chi connectivity index (χ0v) is 17.1. The van der Waals surface area contributed by atoms with E-state index in [-0.39, 0.29) is 11.9 Å². The van der Waals surface area contributed by atoms with Crippen molar-refractivity contribution in [3.63, 3.8) is 0 Å². The number of ether oxygens (including phenoxy) is 2. The first-order valence-electron chi connectivity index (χ1n) is 9.54. The Morgan fingerprint density at radius 1 is 0.704 bits per heavy atom. The van der Waals surface area contributed by atoms with Gasteiger partial charge in [0.15, 0.2) is 0 Å². The fourth-order valence-electron chi connectivity index (χ4n) is 3.48. The minimum atomic E-state index is -2.33. The molecule has 0 atom stereocenters. The van der Waals surface area contributed by atoms with Crippen LogP contribution >= 0.6 is 0 Å². The lowest BCUT2D eigenvalue weighted by atomic mass is 10.4. The van der Waals surface area contributed by atoms with Crippen LogP contribution in [0.1, 0.15) is 26.7 Å². The van der Waals surface area contributed by atoms with Gasteiger partial charge in [0.2, 0.25) is 0 Å². The third kappa shape index (κ3) is 5.79. The van der Waals surface area contributed by atoms with Gasteiger partial charge in [-0.25, -0.2) is 0 Å². The minimum Gasteiger partial charge on any atom is -0.466 e. The van der Waals surface area contributed by atoms with E-state index in [2.05, 4.69) is 24.3 Å². The number of hydrogen-bond donors (Lipinski definition) is 0. The van der Waals surface area contributed by atoms with Gasteiger partial charge in [-0.2, -0.15) is 0 Å². The summed E-state index contributed by atoms with van der Waals surface area (Å²) in [5.41, 5.74) is 0. The number of hydrogen-bond acceptors (Lipinski definition) is 4. The van der Waals surface area contributed by atoms with Gasteiger partial charge in [0.1, 0.15) is 8.07 Å². The Morgan fingerprint density at radius 3 is 1.41 bits per heavy atom. The molecule has 0 saturated carbocycles. The molecule has 0 aliphatic heterocycles. The van der Waals surface area contributed by atoms with Gasteiger partial charge >= 0.3 is 11.9 Å². The maximum absolute atomic E-state index is 12.1. The fourth-order valence-corrected chi connectivity index (χ4v) is 8.14. The Hall–Kier alpha value is -2.40. The van der Waals surface area contributed by atoms with Gasteiger partial charge in [-0.05, 0) is 25.9 Å². The Bertz CT molecular complexity index is 652. The molecule has 0 aliphatic rings. The first kappa shape index (κ1) is 20.9. The lowest BCUT2D eigenvalue weighted by Crippen LogP contribution is -2.58. The van der Waals surface area contributed by atoms with Gasteiger partial charge in [-0.3, -0.25) is 9.59 Å². The van der Waals surface area contributed by atoms with Gasteiger partial charge in [0.05, 0.1) is 13.2 Å². The van der Waals surface area contributed by atoms with Crippen molar-refractivity contribution in [1.29, 1.82) is 0 Å². The highest BCUT2D eigenvalue weighted by atomic mass is 28.3. The minimum absolute atomic E-state index is 0.183. The highest BCUT2D eigenvalue weighted by Crippen LogP contribution is 2.22. The van der Waals surface area contributed by atoms with Crippen LogP contribution in [0.4, 0.5) is 0 Å². The van der Waals surface area contributed by atoms with Gasteiger partial charge in [-0.15, -0.1) is 0 Å². The largest absolute Gasteiger partial charge is 0.466 e. The summed E-state index contributed by atoms with van der Waals surface area (Å²) in [6, 6.07) is 22.0. The first-order valence-corrected chi connectivity index (χ1v) is 12.0. The predicted molar refractivity (Wildman–Crippen MR) is 110 cm³/mol. The van der Waals surface area contributed by atoms with Crippen molar-refractivity contribution in [1.82, 2.24) is 0 Å². The normalized spacial score (nSPS) is 11.0. The van der Waals surface area contributed by atoms with Crippen molar-refractivity contribution >= 4 is 30.4 Å². The molecule has 0 unspecified atom stereocenters. The van der Waals surface area contributed by atoms with E-state index in [1.54, 1.807) is 0 Å². The van der Waals surface area contributed by atoms with Crippen LogP contribution in [0.25, 0.3) is 0 Å². The first-order chi connectivity index (χ1) is 13.1. The molecule has 5 heteroatoms. The molecule has 2 aromatic rings. The second-order valence-electron chi connectivity index (χ2n) is 6.42. The molecule has 0 heterocycles. The van der Waals surface area contributed by atoms with Crippen LogP contribution < -0.4 is 10.4 Å². The third-order valence-corrected chi connectivity index (χ3v) is 9.86. The molecule has 27 heavy (non-hydrogen) atoms. The number of esters is 2. The van der Waals surface area contributed by atoms with Crippen LogP contribution in [0.15, 0.2) is 60.7 Å². The molecule has 0 N–H and O–H groups in total. The van der Waals surface area contributed by atoms with Crippen molar-refractivity contribution in [2.45, 2.75) is 38.8 Å². The lowest BCUT2D eigenvalue weighted by molar-refractivity contribution is -0.143. The molecule has 0 fully saturated rings. The summed E-state index contributed by atoms with van der Waals surface area (Å²) in [5, 5.41) is 2.45. The van der Waals surface area contributed by atoms with Crippen LogP contribution in [-0.2, 0) is 19.1 Å². The molecular formula is C22H28O4Si. The smallest absolute Gasteiger partial charge is 0.305 e. The van der Waals surface area contributed by atoms with Crippen LogP contribution in [0.2, 0.25) is 12.1 Å². The van der Waals surface area contributed by atoms with E-state index in [0.717, 1.165) is 0 Å². The molecule has 2 rings (SSSR count). The standard InChI is InChI=1S/C22H28O4Si/c1-3-25-21(23)15-17-27(18-16-22(24)26-4-2,19-11-7-5-8-12-19)20-13-9-6-10-14-20/h5-14H,3-4,15-18H2,1-2H3. The van der Waals surface area contributed by atoms with E-state index < -0.39 is 8.07 Å². The maximum atomic E-state index is 12.1. The van der Waals surface area contributed by atoms with E-state index in [1.807, 2.05) is 50.2 Å². The molecule has 4 nitrogen and oxygen atoms in total. The summed E-state index contributed by atoms with van der Waals surface area (Å²) < 4.78 is 10.3. The highest BCUT2D eigenvalue weighted by molar-refractivity contribution is 7.02. The summed E-state index contributed by atoms with van der Waals surface area (Å²) in [4.78, 5) is 24.2. The Labute approximate surface area is 162 Å². The second-order valence-corrected chi connectivity index (χ2v) is 10.7. The lowest BCUT2D eigenvalue weighted by Gasteiger charge is -2.33. The number of carbonyl (C=O) groups excluding carboxylic acids is 2. The zero-order chi connectivity index (χ0) is 19.5. The summed E-state index contributed by atoms with van der Waals surface area (Å²) in [7, 11) is -2.33. The summed E-state index contributed by atoms with van der Waals surface area (Å²) in [5.74, 6) is -0.366. The second kappa shape index (κ2) is 10.7. The number of rotatable bonds is 10. The average molecular weight is 385 g/mol. The van der Waals surface area contributed by atoms with Gasteiger partial charge in [0, 0.05) is 12.8 Å².